The van der Waals surface area contributed by atoms with Crippen molar-refractivity contribution in [3.8, 4) is 0 Å². The van der Waals surface area contributed by atoms with Gasteiger partial charge < -0.3 is 14.2 Å². The number of hydrogen-bond donors (Lipinski definition) is 0. The van der Waals surface area contributed by atoms with Gasteiger partial charge in [-0.25, -0.2) is 0 Å². The van der Waals surface area contributed by atoms with Gasteiger partial charge in [-0.3, -0.25) is 0 Å². The summed E-state index contributed by atoms with van der Waals surface area (Å²) in [6, 6.07) is 0. The molecule has 3 heteroatoms. The summed E-state index contributed by atoms with van der Waals surface area (Å²) >= 11 is 0. The first-order valence-corrected chi connectivity index (χ1v) is 7.05. The molecule has 0 spiro atoms. The van der Waals surface area contributed by atoms with Gasteiger partial charge in [0.05, 0.1) is 12.7 Å². The molecule has 0 rings (SSSR count). The van der Waals surface area contributed by atoms with E-state index in [2.05, 4.69) is 13.8 Å². The van der Waals surface area contributed by atoms with E-state index in [1.54, 1.807) is 0 Å². The van der Waals surface area contributed by atoms with E-state index in [1.165, 1.54) is 0 Å². The fourth-order valence-electron chi connectivity index (χ4n) is 1.33. The smallest absolute Gasteiger partial charge is 0.159 e. The van der Waals surface area contributed by atoms with Crippen LogP contribution in [0.25, 0.3) is 0 Å². The van der Waals surface area contributed by atoms with Gasteiger partial charge in [-0.05, 0) is 26.7 Å². The second kappa shape index (κ2) is 12.3. The molecule has 0 aromatic carbocycles. The molecule has 0 amide bonds. The Morgan fingerprint density at radius 1 is 0.765 bits per heavy atom. The van der Waals surface area contributed by atoms with Crippen LogP contribution in [0.15, 0.2) is 0 Å². The third kappa shape index (κ3) is 12.1. The fraction of sp³-hybridized carbons (Fsp3) is 1.00. The number of unbranched alkanes of at least 4 members (excludes halogenated alkanes) is 2. The lowest BCUT2D eigenvalue weighted by Gasteiger charge is -2.19. The number of rotatable bonds is 12. The van der Waals surface area contributed by atoms with E-state index < -0.39 is 0 Å². The molecular formula is C14H30O3. The minimum atomic E-state index is -0.0909. The highest BCUT2D eigenvalue weighted by Crippen LogP contribution is 2.06. The molecule has 0 aliphatic carbocycles. The van der Waals surface area contributed by atoms with Crippen molar-refractivity contribution in [2.24, 2.45) is 0 Å². The zero-order valence-electron chi connectivity index (χ0n) is 12.0. The SMILES string of the molecule is CCCCOC(CCOC(C)C)OCCCC. The normalized spacial score (nSPS) is 11.6. The predicted molar refractivity (Wildman–Crippen MR) is 71.2 cm³/mol. The molecule has 0 atom stereocenters. The van der Waals surface area contributed by atoms with Gasteiger partial charge in [0.15, 0.2) is 6.29 Å². The lowest BCUT2D eigenvalue weighted by atomic mass is 10.3. The summed E-state index contributed by atoms with van der Waals surface area (Å²) in [7, 11) is 0. The summed E-state index contributed by atoms with van der Waals surface area (Å²) in [6.45, 7) is 10.7. The third-order valence-electron chi connectivity index (χ3n) is 2.41. The Labute approximate surface area is 107 Å². The average Bonchev–Trinajstić information content (AvgIpc) is 2.28. The van der Waals surface area contributed by atoms with E-state index in [0.717, 1.165) is 45.3 Å². The molecule has 0 aromatic rings. The van der Waals surface area contributed by atoms with Crippen molar-refractivity contribution in [3.05, 3.63) is 0 Å². The Bertz CT molecular complexity index is 138. The van der Waals surface area contributed by atoms with E-state index >= 15 is 0 Å². The molecule has 104 valence electrons. The lowest BCUT2D eigenvalue weighted by Crippen LogP contribution is -2.21. The monoisotopic (exact) mass is 246 g/mol. The molecule has 0 unspecified atom stereocenters. The molecule has 0 bridgehead atoms. The molecule has 0 aliphatic rings. The fourth-order valence-corrected chi connectivity index (χ4v) is 1.33. The summed E-state index contributed by atoms with van der Waals surface area (Å²) in [5, 5.41) is 0. The van der Waals surface area contributed by atoms with Gasteiger partial charge in [-0.2, -0.15) is 0 Å². The molecule has 3 nitrogen and oxygen atoms in total. The summed E-state index contributed by atoms with van der Waals surface area (Å²) in [5.41, 5.74) is 0. The Kier molecular flexibility index (Phi) is 12.3. The Morgan fingerprint density at radius 3 is 1.71 bits per heavy atom. The van der Waals surface area contributed by atoms with Gasteiger partial charge in [0.2, 0.25) is 0 Å². The van der Waals surface area contributed by atoms with Gasteiger partial charge in [-0.1, -0.05) is 26.7 Å². The van der Waals surface area contributed by atoms with Crippen molar-refractivity contribution in [2.45, 2.75) is 72.2 Å². The van der Waals surface area contributed by atoms with E-state index in [9.17, 15) is 0 Å². The van der Waals surface area contributed by atoms with E-state index in [1.807, 2.05) is 13.8 Å². The Balaban J connectivity index is 3.67. The molecule has 0 fully saturated rings. The highest BCUT2D eigenvalue weighted by molar-refractivity contribution is 4.48. The summed E-state index contributed by atoms with van der Waals surface area (Å²) in [6.07, 6.45) is 5.52. The van der Waals surface area contributed by atoms with Crippen LogP contribution in [0.5, 0.6) is 0 Å². The quantitative estimate of drug-likeness (QED) is 0.387. The number of hydrogen-bond acceptors (Lipinski definition) is 3. The van der Waals surface area contributed by atoms with Crippen LogP contribution in [0.3, 0.4) is 0 Å². The maximum Gasteiger partial charge on any atom is 0.159 e. The van der Waals surface area contributed by atoms with Gasteiger partial charge >= 0.3 is 0 Å². The first-order valence-electron chi connectivity index (χ1n) is 7.05. The molecule has 0 heterocycles. The highest BCUT2D eigenvalue weighted by Gasteiger charge is 2.09. The third-order valence-corrected chi connectivity index (χ3v) is 2.41. The zero-order valence-corrected chi connectivity index (χ0v) is 12.0. The van der Waals surface area contributed by atoms with Gasteiger partial charge in [-0.15, -0.1) is 0 Å². The maximum atomic E-state index is 5.71. The van der Waals surface area contributed by atoms with Crippen LogP contribution >= 0.6 is 0 Å². The maximum absolute atomic E-state index is 5.71. The average molecular weight is 246 g/mol. The summed E-state index contributed by atoms with van der Waals surface area (Å²) < 4.78 is 16.9. The largest absolute Gasteiger partial charge is 0.379 e. The summed E-state index contributed by atoms with van der Waals surface area (Å²) in [4.78, 5) is 0. The van der Waals surface area contributed by atoms with E-state index in [-0.39, 0.29) is 12.4 Å². The molecule has 0 radical (unpaired) electrons. The van der Waals surface area contributed by atoms with Crippen molar-refractivity contribution >= 4 is 0 Å². The van der Waals surface area contributed by atoms with Crippen LogP contribution in [-0.2, 0) is 14.2 Å². The molecular weight excluding hydrogens is 216 g/mol. The Morgan fingerprint density at radius 2 is 1.29 bits per heavy atom. The second-order valence-corrected chi connectivity index (χ2v) is 4.59. The Hall–Kier alpha value is -0.120. The molecule has 0 aliphatic heterocycles. The predicted octanol–water partition coefficient (Wildman–Crippen LogP) is 3.76. The molecule has 17 heavy (non-hydrogen) atoms. The molecule has 0 N–H and O–H groups in total. The van der Waals surface area contributed by atoms with Crippen LogP contribution in [-0.4, -0.2) is 32.2 Å². The van der Waals surface area contributed by atoms with Crippen LogP contribution in [0.2, 0.25) is 0 Å². The molecule has 0 aromatic heterocycles. The van der Waals surface area contributed by atoms with Gasteiger partial charge in [0.25, 0.3) is 0 Å². The van der Waals surface area contributed by atoms with Gasteiger partial charge in [0.1, 0.15) is 0 Å². The first-order chi connectivity index (χ1) is 8.20. The number of ether oxygens (including phenoxy) is 3. The molecule has 0 saturated carbocycles. The lowest BCUT2D eigenvalue weighted by molar-refractivity contribution is -0.155. The zero-order chi connectivity index (χ0) is 12.9. The van der Waals surface area contributed by atoms with E-state index in [4.69, 9.17) is 14.2 Å². The van der Waals surface area contributed by atoms with Crippen LogP contribution in [0.1, 0.15) is 59.8 Å². The van der Waals surface area contributed by atoms with Crippen molar-refractivity contribution in [2.75, 3.05) is 19.8 Å². The van der Waals surface area contributed by atoms with Crippen LogP contribution in [0.4, 0.5) is 0 Å². The minimum absolute atomic E-state index is 0.0909. The van der Waals surface area contributed by atoms with Crippen LogP contribution in [0, 0.1) is 0 Å². The topological polar surface area (TPSA) is 27.7 Å². The van der Waals surface area contributed by atoms with Crippen molar-refractivity contribution in [1.29, 1.82) is 0 Å². The first kappa shape index (κ1) is 16.9. The highest BCUT2D eigenvalue weighted by atomic mass is 16.7. The van der Waals surface area contributed by atoms with E-state index in [0.29, 0.717) is 6.61 Å². The van der Waals surface area contributed by atoms with Gasteiger partial charge in [0, 0.05) is 19.6 Å². The van der Waals surface area contributed by atoms with Crippen molar-refractivity contribution in [3.63, 3.8) is 0 Å². The minimum Gasteiger partial charge on any atom is -0.379 e. The molecule has 0 saturated heterocycles. The standard InChI is InChI=1S/C14H30O3/c1-5-7-10-16-14(17-11-8-6-2)9-12-15-13(3)4/h13-14H,5-12H2,1-4H3. The van der Waals surface area contributed by atoms with Crippen molar-refractivity contribution in [1.82, 2.24) is 0 Å². The summed E-state index contributed by atoms with van der Waals surface area (Å²) in [5.74, 6) is 0. The second-order valence-electron chi connectivity index (χ2n) is 4.59. The van der Waals surface area contributed by atoms with Crippen LogP contribution < -0.4 is 0 Å². The van der Waals surface area contributed by atoms with Crippen molar-refractivity contribution < 1.29 is 14.2 Å².